The molecule has 0 fully saturated rings. The quantitative estimate of drug-likeness (QED) is 0.807. The molecule has 0 unspecified atom stereocenters. The zero-order chi connectivity index (χ0) is 12.4. The van der Waals surface area contributed by atoms with Crippen LogP contribution in [0.3, 0.4) is 0 Å². The smallest absolute Gasteiger partial charge is 0.192 e. The molecule has 0 aromatic heterocycles. The molecular weight excluding hydrogens is 214 g/mol. The van der Waals surface area contributed by atoms with Gasteiger partial charge in [-0.1, -0.05) is 32.9 Å². The van der Waals surface area contributed by atoms with E-state index in [2.05, 4.69) is 51.7 Å². The summed E-state index contributed by atoms with van der Waals surface area (Å²) in [5.41, 5.74) is 6.16. The Morgan fingerprint density at radius 3 is 2.06 bits per heavy atom. The molecule has 0 atom stereocenters. The van der Waals surface area contributed by atoms with Crippen molar-refractivity contribution in [2.75, 3.05) is 0 Å². The van der Waals surface area contributed by atoms with E-state index in [0.717, 1.165) is 12.3 Å². The van der Waals surface area contributed by atoms with Gasteiger partial charge in [-0.25, -0.2) is 0 Å². The van der Waals surface area contributed by atoms with Gasteiger partial charge < -0.3 is 10.2 Å². The highest BCUT2D eigenvalue weighted by Gasteiger charge is 2.36. The van der Waals surface area contributed by atoms with Crippen LogP contribution in [-0.2, 0) is 11.0 Å². The Morgan fingerprint density at radius 1 is 1.12 bits per heavy atom. The second-order valence-electron chi connectivity index (χ2n) is 5.87. The van der Waals surface area contributed by atoms with E-state index in [1.54, 1.807) is 0 Å². The SMILES string of the molecule is CC(C)(C)[Si](C)(C)OCc1ccc([NH3+])cc1. The topological polar surface area (TPSA) is 36.9 Å². The highest BCUT2D eigenvalue weighted by Crippen LogP contribution is 2.37. The fourth-order valence-corrected chi connectivity index (χ4v) is 2.08. The minimum atomic E-state index is -1.62. The van der Waals surface area contributed by atoms with Gasteiger partial charge in [0.05, 0.1) is 6.61 Å². The number of hydrogen-bond donors (Lipinski definition) is 1. The highest BCUT2D eigenvalue weighted by atomic mass is 28.4. The molecule has 2 nitrogen and oxygen atoms in total. The lowest BCUT2D eigenvalue weighted by Crippen LogP contribution is -2.40. The van der Waals surface area contributed by atoms with Crippen molar-refractivity contribution in [1.82, 2.24) is 0 Å². The average Bonchev–Trinajstić information content (AvgIpc) is 2.15. The molecule has 1 aromatic carbocycles. The molecule has 0 amide bonds. The van der Waals surface area contributed by atoms with E-state index in [4.69, 9.17) is 4.43 Å². The van der Waals surface area contributed by atoms with Crippen molar-refractivity contribution in [1.29, 1.82) is 0 Å². The highest BCUT2D eigenvalue weighted by molar-refractivity contribution is 6.74. The predicted octanol–water partition coefficient (Wildman–Crippen LogP) is 3.08. The monoisotopic (exact) mass is 238 g/mol. The van der Waals surface area contributed by atoms with Crippen molar-refractivity contribution in [3.8, 4) is 0 Å². The van der Waals surface area contributed by atoms with Gasteiger partial charge in [0.15, 0.2) is 8.32 Å². The Morgan fingerprint density at radius 2 is 1.62 bits per heavy atom. The Kier molecular flexibility index (Phi) is 3.94. The fourth-order valence-electron chi connectivity index (χ4n) is 1.12. The van der Waals surface area contributed by atoms with Crippen LogP contribution in [0.25, 0.3) is 0 Å². The van der Waals surface area contributed by atoms with Gasteiger partial charge in [-0.2, -0.15) is 0 Å². The fraction of sp³-hybridized carbons (Fsp3) is 0.538. The standard InChI is InChI=1S/C13H23NOSi/c1-13(2,3)16(4,5)15-10-11-6-8-12(14)9-7-11/h6-9H,10,14H2,1-5H3/p+1. The molecule has 0 aliphatic carbocycles. The van der Waals surface area contributed by atoms with Crippen LogP contribution in [0.2, 0.25) is 18.1 Å². The summed E-state index contributed by atoms with van der Waals surface area (Å²) >= 11 is 0. The zero-order valence-corrected chi connectivity index (χ0v) is 12.1. The zero-order valence-electron chi connectivity index (χ0n) is 11.1. The first-order valence-corrected chi connectivity index (χ1v) is 8.68. The van der Waals surface area contributed by atoms with Crippen molar-refractivity contribution >= 4 is 14.0 Å². The second kappa shape index (κ2) is 4.70. The van der Waals surface area contributed by atoms with Crippen molar-refractivity contribution in [2.24, 2.45) is 0 Å². The maximum atomic E-state index is 6.14. The Bertz CT molecular complexity index is 338. The van der Waals surface area contributed by atoms with Gasteiger partial charge in [-0.05, 0) is 35.8 Å². The van der Waals surface area contributed by atoms with Crippen LogP contribution < -0.4 is 5.73 Å². The van der Waals surface area contributed by atoms with Gasteiger partial charge in [0.25, 0.3) is 0 Å². The summed E-state index contributed by atoms with van der Waals surface area (Å²) in [6.07, 6.45) is 0. The minimum Gasteiger partial charge on any atom is -0.413 e. The van der Waals surface area contributed by atoms with Gasteiger partial charge in [-0.3, -0.25) is 0 Å². The first kappa shape index (κ1) is 13.4. The summed E-state index contributed by atoms with van der Waals surface area (Å²) in [6, 6.07) is 8.25. The molecule has 90 valence electrons. The molecule has 0 aliphatic rings. The Labute approximate surface area is 99.9 Å². The molecule has 0 saturated heterocycles. The molecule has 16 heavy (non-hydrogen) atoms. The van der Waals surface area contributed by atoms with Crippen LogP contribution >= 0.6 is 0 Å². The maximum Gasteiger partial charge on any atom is 0.192 e. The first-order chi connectivity index (χ1) is 7.22. The summed E-state index contributed by atoms with van der Waals surface area (Å²) in [5.74, 6) is 0. The molecule has 3 heteroatoms. The molecule has 0 bridgehead atoms. The van der Waals surface area contributed by atoms with Gasteiger partial charge >= 0.3 is 0 Å². The number of quaternary nitrogens is 1. The summed E-state index contributed by atoms with van der Waals surface area (Å²) in [5, 5.41) is 0.277. The third kappa shape index (κ3) is 3.44. The van der Waals surface area contributed by atoms with Crippen molar-refractivity contribution in [3.63, 3.8) is 0 Å². The largest absolute Gasteiger partial charge is 0.413 e. The molecular formula is C13H24NOSi+. The molecule has 0 radical (unpaired) electrons. The molecule has 0 saturated carbocycles. The van der Waals surface area contributed by atoms with Gasteiger partial charge in [0.1, 0.15) is 5.69 Å². The Balaban J connectivity index is 2.61. The van der Waals surface area contributed by atoms with E-state index in [1.807, 2.05) is 12.1 Å². The number of rotatable bonds is 3. The van der Waals surface area contributed by atoms with Crippen LogP contribution in [-0.4, -0.2) is 8.32 Å². The van der Waals surface area contributed by atoms with E-state index >= 15 is 0 Å². The van der Waals surface area contributed by atoms with Gasteiger partial charge in [-0.15, -0.1) is 0 Å². The van der Waals surface area contributed by atoms with Crippen LogP contribution in [0.1, 0.15) is 26.3 Å². The van der Waals surface area contributed by atoms with E-state index in [0.29, 0.717) is 0 Å². The summed E-state index contributed by atoms with van der Waals surface area (Å²) in [7, 11) is -1.62. The van der Waals surface area contributed by atoms with Crippen LogP contribution in [0.15, 0.2) is 24.3 Å². The molecule has 0 aliphatic heterocycles. The third-order valence-corrected chi connectivity index (χ3v) is 7.91. The average molecular weight is 238 g/mol. The molecule has 0 spiro atoms. The molecule has 3 N–H and O–H groups in total. The normalized spacial score (nSPS) is 12.9. The number of hydrogen-bond acceptors (Lipinski definition) is 1. The maximum absolute atomic E-state index is 6.14. The lowest BCUT2D eigenvalue weighted by Gasteiger charge is -2.36. The van der Waals surface area contributed by atoms with Crippen LogP contribution in [0.5, 0.6) is 0 Å². The lowest BCUT2D eigenvalue weighted by atomic mass is 10.2. The van der Waals surface area contributed by atoms with Crippen molar-refractivity contribution in [3.05, 3.63) is 29.8 Å². The van der Waals surface area contributed by atoms with Crippen molar-refractivity contribution in [2.45, 2.75) is 45.5 Å². The number of benzene rings is 1. The Hall–Kier alpha value is -0.643. The predicted molar refractivity (Wildman–Crippen MR) is 71.0 cm³/mol. The van der Waals surface area contributed by atoms with Gasteiger partial charge in [0, 0.05) is 0 Å². The minimum absolute atomic E-state index is 0.277. The van der Waals surface area contributed by atoms with E-state index in [-0.39, 0.29) is 5.04 Å². The van der Waals surface area contributed by atoms with Gasteiger partial charge in [0.2, 0.25) is 0 Å². The third-order valence-electron chi connectivity index (χ3n) is 3.43. The van der Waals surface area contributed by atoms with Crippen LogP contribution in [0.4, 0.5) is 5.69 Å². The summed E-state index contributed by atoms with van der Waals surface area (Å²) < 4.78 is 6.14. The lowest BCUT2D eigenvalue weighted by molar-refractivity contribution is -0.254. The van der Waals surface area contributed by atoms with Crippen molar-refractivity contribution < 1.29 is 10.2 Å². The van der Waals surface area contributed by atoms with E-state index in [9.17, 15) is 0 Å². The molecule has 1 rings (SSSR count). The molecule has 0 heterocycles. The van der Waals surface area contributed by atoms with E-state index < -0.39 is 8.32 Å². The summed E-state index contributed by atoms with van der Waals surface area (Å²) in [4.78, 5) is 0. The first-order valence-electron chi connectivity index (χ1n) is 5.77. The summed E-state index contributed by atoms with van der Waals surface area (Å²) in [6.45, 7) is 12.1. The molecule has 1 aromatic rings. The van der Waals surface area contributed by atoms with Crippen LogP contribution in [0, 0.1) is 0 Å². The van der Waals surface area contributed by atoms with E-state index in [1.165, 1.54) is 5.56 Å². The second-order valence-corrected chi connectivity index (χ2v) is 10.7.